The predicted molar refractivity (Wildman–Crippen MR) is 66.2 cm³/mol. The molecule has 0 radical (unpaired) electrons. The van der Waals surface area contributed by atoms with Gasteiger partial charge in [0.25, 0.3) is 0 Å². The van der Waals surface area contributed by atoms with Crippen LogP contribution in [0.5, 0.6) is 0 Å². The third-order valence-electron chi connectivity index (χ3n) is 3.28. The summed E-state index contributed by atoms with van der Waals surface area (Å²) in [5.74, 6) is 0. The van der Waals surface area contributed by atoms with Gasteiger partial charge in [0, 0.05) is 0 Å². The second-order valence-corrected chi connectivity index (χ2v) is 4.93. The van der Waals surface area contributed by atoms with E-state index in [0.29, 0.717) is 6.10 Å². The molecular formula is C14H28O. The van der Waals surface area contributed by atoms with Crippen LogP contribution in [0.1, 0.15) is 77.6 Å². The molecule has 0 unspecified atom stereocenters. The topological polar surface area (TPSA) is 12.5 Å². The average molecular weight is 212 g/mol. The molecule has 0 aromatic heterocycles. The first-order valence-electron chi connectivity index (χ1n) is 7.05. The van der Waals surface area contributed by atoms with Gasteiger partial charge in [0.1, 0.15) is 0 Å². The minimum Gasteiger partial charge on any atom is -0.373 e. The molecule has 0 bridgehead atoms. The van der Waals surface area contributed by atoms with Crippen molar-refractivity contribution >= 4 is 0 Å². The normalized spacial score (nSPS) is 19.4. The highest BCUT2D eigenvalue weighted by molar-refractivity contribution is 4.68. The second kappa shape index (κ2) is 9.21. The van der Waals surface area contributed by atoms with E-state index in [1.165, 1.54) is 70.6 Å². The number of ether oxygens (including phenoxy) is 1. The summed E-state index contributed by atoms with van der Waals surface area (Å²) in [5.41, 5.74) is 0. The van der Waals surface area contributed by atoms with Crippen LogP contribution in [0.15, 0.2) is 0 Å². The highest BCUT2D eigenvalue weighted by Crippen LogP contribution is 2.18. The van der Waals surface area contributed by atoms with E-state index >= 15 is 0 Å². The third kappa shape index (κ3) is 8.92. The molecule has 0 amide bonds. The summed E-state index contributed by atoms with van der Waals surface area (Å²) in [6, 6.07) is 0. The maximum Gasteiger partial charge on any atom is 0.0810 e. The molecular weight excluding hydrogens is 184 g/mol. The third-order valence-corrected chi connectivity index (χ3v) is 3.28. The first-order valence-corrected chi connectivity index (χ1v) is 7.05. The van der Waals surface area contributed by atoms with Gasteiger partial charge < -0.3 is 4.74 Å². The van der Waals surface area contributed by atoms with Crippen LogP contribution in [0.25, 0.3) is 0 Å². The fourth-order valence-electron chi connectivity index (χ4n) is 2.09. The molecule has 0 aliphatic carbocycles. The molecule has 0 N–H and O–H groups in total. The second-order valence-electron chi connectivity index (χ2n) is 4.93. The van der Waals surface area contributed by atoms with Crippen LogP contribution in [0, 0.1) is 0 Å². The summed E-state index contributed by atoms with van der Waals surface area (Å²) < 4.78 is 5.19. The van der Waals surface area contributed by atoms with E-state index in [1.807, 2.05) is 0 Å². The highest BCUT2D eigenvalue weighted by atomic mass is 16.6. The van der Waals surface area contributed by atoms with Crippen molar-refractivity contribution in [2.75, 3.05) is 6.61 Å². The molecule has 15 heavy (non-hydrogen) atoms. The fraction of sp³-hybridized carbons (Fsp3) is 1.00. The van der Waals surface area contributed by atoms with Crippen LogP contribution in [0.4, 0.5) is 0 Å². The number of unbranched alkanes of at least 4 members (excludes halogenated alkanes) is 9. The first kappa shape index (κ1) is 13.0. The van der Waals surface area contributed by atoms with Crippen molar-refractivity contribution in [3.63, 3.8) is 0 Å². The van der Waals surface area contributed by atoms with E-state index in [4.69, 9.17) is 4.74 Å². The zero-order valence-electron chi connectivity index (χ0n) is 10.5. The quantitative estimate of drug-likeness (QED) is 0.357. The van der Waals surface area contributed by atoms with Gasteiger partial charge in [-0.1, -0.05) is 71.1 Å². The SMILES string of the molecule is CCCCCCCCCCCC[C@@H]1CO1. The Kier molecular flexibility index (Phi) is 7.99. The van der Waals surface area contributed by atoms with Gasteiger partial charge >= 0.3 is 0 Å². The van der Waals surface area contributed by atoms with Crippen molar-refractivity contribution in [2.24, 2.45) is 0 Å². The van der Waals surface area contributed by atoms with Gasteiger partial charge in [-0.3, -0.25) is 0 Å². The number of rotatable bonds is 11. The summed E-state index contributed by atoms with van der Waals surface area (Å²) >= 11 is 0. The zero-order valence-corrected chi connectivity index (χ0v) is 10.5. The monoisotopic (exact) mass is 212 g/mol. The van der Waals surface area contributed by atoms with Gasteiger partial charge in [0.2, 0.25) is 0 Å². The van der Waals surface area contributed by atoms with Crippen molar-refractivity contribution < 1.29 is 4.74 Å². The molecule has 1 saturated heterocycles. The van der Waals surface area contributed by atoms with Gasteiger partial charge in [-0.25, -0.2) is 0 Å². The Bertz CT molecular complexity index is 129. The minimum absolute atomic E-state index is 0.652. The van der Waals surface area contributed by atoms with Crippen LogP contribution >= 0.6 is 0 Å². The van der Waals surface area contributed by atoms with E-state index in [1.54, 1.807) is 0 Å². The lowest BCUT2D eigenvalue weighted by molar-refractivity contribution is 0.387. The Labute approximate surface area is 95.6 Å². The molecule has 1 aliphatic rings. The molecule has 1 aliphatic heterocycles. The Hall–Kier alpha value is -0.0400. The molecule has 0 aromatic carbocycles. The largest absolute Gasteiger partial charge is 0.373 e. The maximum atomic E-state index is 5.19. The Morgan fingerprint density at radius 1 is 0.800 bits per heavy atom. The molecule has 0 saturated carbocycles. The van der Waals surface area contributed by atoms with Crippen molar-refractivity contribution in [3.8, 4) is 0 Å². The molecule has 1 rings (SSSR count). The molecule has 0 aromatic rings. The van der Waals surface area contributed by atoms with Crippen LogP contribution in [0.3, 0.4) is 0 Å². The van der Waals surface area contributed by atoms with Crippen LogP contribution in [0.2, 0.25) is 0 Å². The van der Waals surface area contributed by atoms with Gasteiger partial charge in [-0.2, -0.15) is 0 Å². The lowest BCUT2D eigenvalue weighted by Crippen LogP contribution is -1.86. The minimum atomic E-state index is 0.652. The van der Waals surface area contributed by atoms with E-state index < -0.39 is 0 Å². The molecule has 1 heteroatoms. The first-order chi connectivity index (χ1) is 7.43. The Morgan fingerprint density at radius 2 is 1.27 bits per heavy atom. The van der Waals surface area contributed by atoms with E-state index in [-0.39, 0.29) is 0 Å². The fourth-order valence-corrected chi connectivity index (χ4v) is 2.09. The zero-order chi connectivity index (χ0) is 10.8. The average Bonchev–Trinajstić information content (AvgIpc) is 3.05. The standard InChI is InChI=1S/C14H28O/c1-2-3-4-5-6-7-8-9-10-11-12-14-13-15-14/h14H,2-13H2,1H3/t14-/m1/s1. The number of hydrogen-bond acceptors (Lipinski definition) is 1. The maximum absolute atomic E-state index is 5.19. The number of epoxide rings is 1. The lowest BCUT2D eigenvalue weighted by atomic mass is 10.1. The summed E-state index contributed by atoms with van der Waals surface area (Å²) in [6.45, 7) is 3.32. The summed E-state index contributed by atoms with van der Waals surface area (Å²) in [5, 5.41) is 0. The van der Waals surface area contributed by atoms with Crippen LogP contribution in [-0.4, -0.2) is 12.7 Å². The van der Waals surface area contributed by atoms with Crippen molar-refractivity contribution in [1.29, 1.82) is 0 Å². The van der Waals surface area contributed by atoms with Crippen molar-refractivity contribution in [1.82, 2.24) is 0 Å². The van der Waals surface area contributed by atoms with Gasteiger partial charge in [-0.05, 0) is 6.42 Å². The summed E-state index contributed by atoms with van der Waals surface area (Å²) in [6.07, 6.45) is 16.3. The van der Waals surface area contributed by atoms with Crippen LogP contribution in [-0.2, 0) is 4.74 Å². The summed E-state index contributed by atoms with van der Waals surface area (Å²) in [4.78, 5) is 0. The molecule has 90 valence electrons. The van der Waals surface area contributed by atoms with Crippen LogP contribution < -0.4 is 0 Å². The molecule has 1 fully saturated rings. The molecule has 1 nitrogen and oxygen atoms in total. The predicted octanol–water partition coefficient (Wildman–Crippen LogP) is 4.70. The molecule has 1 heterocycles. The van der Waals surface area contributed by atoms with E-state index in [2.05, 4.69) is 6.92 Å². The summed E-state index contributed by atoms with van der Waals surface area (Å²) in [7, 11) is 0. The van der Waals surface area contributed by atoms with Gasteiger partial charge in [-0.15, -0.1) is 0 Å². The van der Waals surface area contributed by atoms with Gasteiger partial charge in [0.15, 0.2) is 0 Å². The smallest absolute Gasteiger partial charge is 0.0810 e. The highest BCUT2D eigenvalue weighted by Gasteiger charge is 2.20. The van der Waals surface area contributed by atoms with E-state index in [9.17, 15) is 0 Å². The Balaban J connectivity index is 1.62. The molecule has 1 atom stereocenters. The lowest BCUT2D eigenvalue weighted by Gasteiger charge is -2.01. The van der Waals surface area contributed by atoms with E-state index in [0.717, 1.165) is 6.61 Å². The molecule has 0 spiro atoms. The number of hydrogen-bond donors (Lipinski definition) is 0. The van der Waals surface area contributed by atoms with Crippen molar-refractivity contribution in [3.05, 3.63) is 0 Å². The van der Waals surface area contributed by atoms with Gasteiger partial charge in [0.05, 0.1) is 12.7 Å². The van der Waals surface area contributed by atoms with Crippen molar-refractivity contribution in [2.45, 2.75) is 83.7 Å². The Morgan fingerprint density at radius 3 is 1.73 bits per heavy atom.